The van der Waals surface area contributed by atoms with Crippen molar-refractivity contribution in [2.75, 3.05) is 18.8 Å². The maximum Gasteiger partial charge on any atom is 0.274 e. The van der Waals surface area contributed by atoms with Gasteiger partial charge in [0, 0.05) is 19.2 Å². The van der Waals surface area contributed by atoms with E-state index in [0.717, 1.165) is 17.4 Å². The number of sulfonamides is 1. The summed E-state index contributed by atoms with van der Waals surface area (Å²) in [5, 5.41) is 0.282. The molecule has 2 aromatic rings. The highest BCUT2D eigenvalue weighted by atomic mass is 32.2. The summed E-state index contributed by atoms with van der Waals surface area (Å²) in [6.07, 6.45) is 1.52. The molecule has 0 N–H and O–H groups in total. The summed E-state index contributed by atoms with van der Waals surface area (Å²) < 4.78 is 58.6. The van der Waals surface area contributed by atoms with Crippen molar-refractivity contribution in [3.8, 4) is 5.19 Å². The van der Waals surface area contributed by atoms with E-state index in [4.69, 9.17) is 4.74 Å². The first-order valence-corrected chi connectivity index (χ1v) is 10.2. The molecule has 132 valence electrons. The molecule has 1 aliphatic heterocycles. The molecule has 0 amide bonds. The van der Waals surface area contributed by atoms with Gasteiger partial charge in [0.25, 0.3) is 5.19 Å². The third kappa shape index (κ3) is 3.68. The summed E-state index contributed by atoms with van der Waals surface area (Å²) in [7, 11) is -3.19. The normalized spacial score (nSPS) is 17.5. The van der Waals surface area contributed by atoms with Gasteiger partial charge in [-0.2, -0.15) is 4.98 Å². The van der Waals surface area contributed by atoms with Crippen molar-refractivity contribution in [2.45, 2.75) is 32.3 Å². The lowest BCUT2D eigenvalue weighted by Crippen LogP contribution is -2.42. The van der Waals surface area contributed by atoms with Gasteiger partial charge in [0.05, 0.1) is 10.5 Å². The van der Waals surface area contributed by atoms with Crippen molar-refractivity contribution in [2.24, 2.45) is 0 Å². The Morgan fingerprint density at radius 2 is 2.04 bits per heavy atom. The second-order valence-electron chi connectivity index (χ2n) is 5.75. The van der Waals surface area contributed by atoms with Gasteiger partial charge >= 0.3 is 0 Å². The van der Waals surface area contributed by atoms with Gasteiger partial charge in [-0.15, -0.1) is 0 Å². The monoisotopic (exact) mass is 376 g/mol. The molecule has 3 rings (SSSR count). The largest absolute Gasteiger partial charge is 0.467 e. The lowest BCUT2D eigenvalue weighted by Gasteiger charge is -2.30. The Bertz CT molecular complexity index is 831. The zero-order valence-electron chi connectivity index (χ0n) is 13.2. The third-order valence-corrected chi connectivity index (χ3v) is 6.89. The summed E-state index contributed by atoms with van der Waals surface area (Å²) in [5.74, 6) is -1.21. The van der Waals surface area contributed by atoms with Crippen LogP contribution in [0.15, 0.2) is 12.1 Å². The zero-order chi connectivity index (χ0) is 17.3. The molecule has 0 saturated carbocycles. The number of piperidine rings is 1. The predicted molar refractivity (Wildman–Crippen MR) is 88.8 cm³/mol. The molecule has 0 atom stereocenters. The molecule has 0 radical (unpaired) electrons. The van der Waals surface area contributed by atoms with Crippen molar-refractivity contribution >= 4 is 31.6 Å². The smallest absolute Gasteiger partial charge is 0.274 e. The number of nitrogens with zero attached hydrogens (tertiary/aromatic N) is 2. The van der Waals surface area contributed by atoms with Crippen LogP contribution >= 0.6 is 11.3 Å². The summed E-state index contributed by atoms with van der Waals surface area (Å²) in [6, 6.07) is 2.02. The lowest BCUT2D eigenvalue weighted by atomic mass is 10.1. The molecule has 1 aromatic carbocycles. The fourth-order valence-corrected chi connectivity index (χ4v) is 5.21. The van der Waals surface area contributed by atoms with Gasteiger partial charge < -0.3 is 4.74 Å². The van der Waals surface area contributed by atoms with Crippen molar-refractivity contribution < 1.29 is 21.9 Å². The van der Waals surface area contributed by atoms with Gasteiger partial charge in [-0.3, -0.25) is 0 Å². The van der Waals surface area contributed by atoms with Gasteiger partial charge in [-0.1, -0.05) is 18.3 Å². The average molecular weight is 376 g/mol. The topological polar surface area (TPSA) is 59.5 Å². The number of halogens is 2. The molecule has 1 aliphatic rings. The molecular weight excluding hydrogens is 358 g/mol. The molecule has 0 spiro atoms. The van der Waals surface area contributed by atoms with Gasteiger partial charge in [0.15, 0.2) is 5.82 Å². The minimum absolute atomic E-state index is 0.0966. The molecule has 1 fully saturated rings. The van der Waals surface area contributed by atoms with Crippen molar-refractivity contribution in [3.63, 3.8) is 0 Å². The SMILES string of the molecule is CCCS(=O)(=O)N1CCC(Oc2nc3c(F)cc(F)cc3s2)CC1. The Labute approximate surface area is 143 Å². The van der Waals surface area contributed by atoms with E-state index in [0.29, 0.717) is 37.1 Å². The molecule has 1 saturated heterocycles. The summed E-state index contributed by atoms with van der Waals surface area (Å²) in [6.45, 7) is 2.64. The number of hydrogen-bond acceptors (Lipinski definition) is 5. The second kappa shape index (κ2) is 6.89. The van der Waals surface area contributed by atoms with E-state index in [-0.39, 0.29) is 22.6 Å². The highest BCUT2D eigenvalue weighted by Gasteiger charge is 2.28. The fourth-order valence-electron chi connectivity index (χ4n) is 2.75. The van der Waals surface area contributed by atoms with E-state index in [1.54, 1.807) is 0 Å². The Morgan fingerprint density at radius 1 is 1.33 bits per heavy atom. The molecule has 0 unspecified atom stereocenters. The first-order chi connectivity index (χ1) is 11.4. The van der Waals surface area contributed by atoms with E-state index < -0.39 is 21.7 Å². The first kappa shape index (κ1) is 17.5. The molecule has 5 nitrogen and oxygen atoms in total. The van der Waals surface area contributed by atoms with Crippen LogP contribution in [0.2, 0.25) is 0 Å². The average Bonchev–Trinajstić information content (AvgIpc) is 2.90. The van der Waals surface area contributed by atoms with Crippen LogP contribution in [0, 0.1) is 11.6 Å². The number of ether oxygens (including phenoxy) is 1. The summed E-state index contributed by atoms with van der Waals surface area (Å²) in [4.78, 5) is 4.07. The Hall–Kier alpha value is -1.32. The van der Waals surface area contributed by atoms with Crippen molar-refractivity contribution in [1.29, 1.82) is 0 Å². The Morgan fingerprint density at radius 3 is 2.71 bits per heavy atom. The maximum atomic E-state index is 13.7. The van der Waals surface area contributed by atoms with E-state index >= 15 is 0 Å². The highest BCUT2D eigenvalue weighted by molar-refractivity contribution is 7.89. The quantitative estimate of drug-likeness (QED) is 0.804. The van der Waals surface area contributed by atoms with Crippen LogP contribution in [-0.4, -0.2) is 42.7 Å². The third-order valence-electron chi connectivity index (χ3n) is 3.92. The van der Waals surface area contributed by atoms with Crippen LogP contribution < -0.4 is 4.74 Å². The minimum Gasteiger partial charge on any atom is -0.467 e. The highest BCUT2D eigenvalue weighted by Crippen LogP contribution is 2.32. The number of fused-ring (bicyclic) bond motifs is 1. The van der Waals surface area contributed by atoms with Crippen molar-refractivity contribution in [3.05, 3.63) is 23.8 Å². The minimum atomic E-state index is -3.19. The van der Waals surface area contributed by atoms with Crippen molar-refractivity contribution in [1.82, 2.24) is 9.29 Å². The van der Waals surface area contributed by atoms with Crippen LogP contribution in [0.3, 0.4) is 0 Å². The number of thiazole rings is 1. The molecule has 1 aromatic heterocycles. The van der Waals surface area contributed by atoms with Crippen LogP contribution in [0.4, 0.5) is 8.78 Å². The van der Waals surface area contributed by atoms with Crippen LogP contribution in [0.25, 0.3) is 10.2 Å². The number of aromatic nitrogens is 1. The maximum absolute atomic E-state index is 13.7. The van der Waals surface area contributed by atoms with Gasteiger partial charge in [0.2, 0.25) is 10.0 Å². The van der Waals surface area contributed by atoms with Crippen LogP contribution in [0.1, 0.15) is 26.2 Å². The van der Waals surface area contributed by atoms with Gasteiger partial charge in [-0.25, -0.2) is 21.5 Å². The van der Waals surface area contributed by atoms with E-state index in [1.807, 2.05) is 6.92 Å². The van der Waals surface area contributed by atoms with E-state index in [1.165, 1.54) is 10.4 Å². The molecule has 2 heterocycles. The number of hydrogen-bond donors (Lipinski definition) is 0. The first-order valence-electron chi connectivity index (χ1n) is 7.79. The van der Waals surface area contributed by atoms with E-state index in [9.17, 15) is 17.2 Å². The summed E-state index contributed by atoms with van der Waals surface area (Å²) >= 11 is 1.09. The Balaban J connectivity index is 1.65. The van der Waals surface area contributed by atoms with Gasteiger partial charge in [0.1, 0.15) is 17.4 Å². The second-order valence-corrected chi connectivity index (χ2v) is 8.83. The molecule has 0 aliphatic carbocycles. The summed E-state index contributed by atoms with van der Waals surface area (Å²) in [5.41, 5.74) is 0.0966. The molecule has 24 heavy (non-hydrogen) atoms. The molecular formula is C15H18F2N2O3S2. The standard InChI is InChI=1S/C15H18F2N2O3S2/c1-2-7-24(20,21)19-5-3-11(4-6-19)22-15-18-14-12(17)8-10(16)9-13(14)23-15/h8-9,11H,2-7H2,1H3. The molecule has 0 bridgehead atoms. The number of benzene rings is 1. The fraction of sp³-hybridized carbons (Fsp3) is 0.533. The van der Waals surface area contributed by atoms with Gasteiger partial charge in [-0.05, 0) is 25.3 Å². The van der Waals surface area contributed by atoms with Crippen LogP contribution in [0.5, 0.6) is 5.19 Å². The number of rotatable bonds is 5. The van der Waals surface area contributed by atoms with Crippen LogP contribution in [-0.2, 0) is 10.0 Å². The van der Waals surface area contributed by atoms with E-state index in [2.05, 4.69) is 4.98 Å². The Kier molecular flexibility index (Phi) is 5.03. The lowest BCUT2D eigenvalue weighted by molar-refractivity contribution is 0.135. The predicted octanol–water partition coefficient (Wildman–Crippen LogP) is 3.16. The zero-order valence-corrected chi connectivity index (χ0v) is 14.8. The molecule has 9 heteroatoms.